The number of nitrogens with two attached hydrogens (primary N) is 1. The highest BCUT2D eigenvalue weighted by molar-refractivity contribution is 5.57. The first-order valence-corrected chi connectivity index (χ1v) is 6.54. The molecule has 2 unspecified atom stereocenters. The van der Waals surface area contributed by atoms with E-state index < -0.39 is 10.7 Å². The molecule has 5 nitrogen and oxygen atoms in total. The Balaban J connectivity index is 1.98. The monoisotopic (exact) mass is 265 g/mol. The Labute approximate surface area is 110 Å². The number of piperidine rings is 1. The molecule has 2 atom stereocenters. The molecule has 2 aliphatic rings. The summed E-state index contributed by atoms with van der Waals surface area (Å²) in [7, 11) is 0. The van der Waals surface area contributed by atoms with Gasteiger partial charge in [-0.1, -0.05) is 0 Å². The molecular weight excluding hydrogens is 249 g/mol. The van der Waals surface area contributed by atoms with Crippen LogP contribution >= 0.6 is 0 Å². The maximum absolute atomic E-state index is 14.0. The number of benzene rings is 1. The van der Waals surface area contributed by atoms with E-state index in [1.54, 1.807) is 0 Å². The summed E-state index contributed by atoms with van der Waals surface area (Å²) >= 11 is 0. The van der Waals surface area contributed by atoms with Crippen molar-refractivity contribution in [1.82, 2.24) is 0 Å². The Morgan fingerprint density at radius 3 is 2.53 bits per heavy atom. The van der Waals surface area contributed by atoms with Gasteiger partial charge in [-0.2, -0.15) is 0 Å². The van der Waals surface area contributed by atoms with Crippen LogP contribution in [0.3, 0.4) is 0 Å². The number of rotatable bonds is 2. The molecule has 3 rings (SSSR count). The summed E-state index contributed by atoms with van der Waals surface area (Å²) < 4.78 is 14.0. The number of fused-ring (bicyclic) bond motifs is 2. The second kappa shape index (κ2) is 4.45. The van der Waals surface area contributed by atoms with E-state index in [2.05, 4.69) is 0 Å². The van der Waals surface area contributed by atoms with E-state index in [1.165, 1.54) is 18.2 Å². The zero-order valence-electron chi connectivity index (χ0n) is 10.5. The van der Waals surface area contributed by atoms with Crippen LogP contribution in [0.2, 0.25) is 0 Å². The Hall–Kier alpha value is -1.69. The van der Waals surface area contributed by atoms with Crippen molar-refractivity contribution in [2.24, 2.45) is 5.73 Å². The maximum atomic E-state index is 14.0. The summed E-state index contributed by atoms with van der Waals surface area (Å²) in [5.41, 5.74) is 6.27. The van der Waals surface area contributed by atoms with Crippen molar-refractivity contribution in [1.29, 1.82) is 0 Å². The van der Waals surface area contributed by atoms with Gasteiger partial charge in [0.15, 0.2) is 0 Å². The van der Waals surface area contributed by atoms with Gasteiger partial charge in [0.1, 0.15) is 5.82 Å². The average Bonchev–Trinajstić information content (AvgIpc) is 2.62. The molecule has 2 bridgehead atoms. The summed E-state index contributed by atoms with van der Waals surface area (Å²) in [6.07, 6.45) is 3.64. The van der Waals surface area contributed by atoms with Gasteiger partial charge in [0.25, 0.3) is 5.69 Å². The second-order valence-electron chi connectivity index (χ2n) is 5.42. The van der Waals surface area contributed by atoms with Crippen molar-refractivity contribution in [3.8, 4) is 0 Å². The van der Waals surface area contributed by atoms with Crippen LogP contribution < -0.4 is 10.6 Å². The van der Waals surface area contributed by atoms with E-state index in [1.807, 2.05) is 4.90 Å². The highest BCUT2D eigenvalue weighted by atomic mass is 19.1. The third-order valence-electron chi connectivity index (χ3n) is 4.19. The van der Waals surface area contributed by atoms with Crippen molar-refractivity contribution in [2.75, 3.05) is 4.90 Å². The minimum Gasteiger partial charge on any atom is -0.363 e. The standard InChI is InChI=1S/C13H16FN3O2/c14-12-4-3-11(17(18)19)7-13(12)16-9-1-2-10(16)6-8(15)5-9/h3-4,7-10H,1-2,5-6,15H2. The molecule has 2 fully saturated rings. The average molecular weight is 265 g/mol. The number of nitro groups is 1. The zero-order chi connectivity index (χ0) is 13.6. The molecule has 0 aromatic heterocycles. The predicted octanol–water partition coefficient (Wildman–Crippen LogP) is 2.19. The van der Waals surface area contributed by atoms with Gasteiger partial charge in [0.05, 0.1) is 10.6 Å². The van der Waals surface area contributed by atoms with Crippen molar-refractivity contribution in [2.45, 2.75) is 43.8 Å². The van der Waals surface area contributed by atoms with Gasteiger partial charge in [-0.3, -0.25) is 10.1 Å². The number of hydrogen-bond acceptors (Lipinski definition) is 4. The van der Waals surface area contributed by atoms with Crippen LogP contribution in [0.4, 0.5) is 15.8 Å². The summed E-state index contributed by atoms with van der Waals surface area (Å²) in [5.74, 6) is -0.391. The Kier molecular flexibility index (Phi) is 2.89. The summed E-state index contributed by atoms with van der Waals surface area (Å²) in [4.78, 5) is 12.3. The van der Waals surface area contributed by atoms with Crippen molar-refractivity contribution >= 4 is 11.4 Å². The van der Waals surface area contributed by atoms with Crippen LogP contribution in [0.5, 0.6) is 0 Å². The molecule has 0 aliphatic carbocycles. The predicted molar refractivity (Wildman–Crippen MR) is 69.6 cm³/mol. The first-order valence-electron chi connectivity index (χ1n) is 6.54. The van der Waals surface area contributed by atoms with Gasteiger partial charge >= 0.3 is 0 Å². The molecule has 2 aliphatic heterocycles. The maximum Gasteiger partial charge on any atom is 0.271 e. The van der Waals surface area contributed by atoms with E-state index in [0.717, 1.165) is 25.7 Å². The minimum atomic E-state index is -0.486. The SMILES string of the molecule is NC1CC2CCC(C1)N2c1cc([N+](=O)[O-])ccc1F. The molecule has 0 spiro atoms. The van der Waals surface area contributed by atoms with Gasteiger partial charge in [-0.05, 0) is 31.7 Å². The lowest BCUT2D eigenvalue weighted by molar-refractivity contribution is -0.384. The molecule has 1 aromatic rings. The van der Waals surface area contributed by atoms with Crippen LogP contribution in [0.15, 0.2) is 18.2 Å². The van der Waals surface area contributed by atoms with Crippen LogP contribution in [0.1, 0.15) is 25.7 Å². The lowest BCUT2D eigenvalue weighted by Gasteiger charge is -2.39. The van der Waals surface area contributed by atoms with Crippen LogP contribution in [-0.4, -0.2) is 23.0 Å². The Morgan fingerprint density at radius 1 is 1.32 bits per heavy atom. The normalized spacial score (nSPS) is 29.6. The van der Waals surface area contributed by atoms with E-state index in [0.29, 0.717) is 5.69 Å². The summed E-state index contributed by atoms with van der Waals surface area (Å²) in [6.45, 7) is 0. The lowest BCUT2D eigenvalue weighted by atomic mass is 9.97. The van der Waals surface area contributed by atoms with E-state index >= 15 is 0 Å². The van der Waals surface area contributed by atoms with E-state index in [-0.39, 0.29) is 23.8 Å². The van der Waals surface area contributed by atoms with Crippen molar-refractivity contribution < 1.29 is 9.31 Å². The van der Waals surface area contributed by atoms with E-state index in [9.17, 15) is 14.5 Å². The molecule has 0 amide bonds. The van der Waals surface area contributed by atoms with Gasteiger partial charge in [0, 0.05) is 30.3 Å². The number of hydrogen-bond donors (Lipinski definition) is 1. The van der Waals surface area contributed by atoms with Crippen molar-refractivity contribution in [3.05, 3.63) is 34.1 Å². The molecular formula is C13H16FN3O2. The highest BCUT2D eigenvalue weighted by Gasteiger charge is 2.40. The molecule has 6 heteroatoms. The van der Waals surface area contributed by atoms with Gasteiger partial charge in [0.2, 0.25) is 0 Å². The van der Waals surface area contributed by atoms with E-state index in [4.69, 9.17) is 5.73 Å². The molecule has 0 radical (unpaired) electrons. The topological polar surface area (TPSA) is 72.4 Å². The first-order chi connectivity index (χ1) is 9.06. The van der Waals surface area contributed by atoms with Crippen LogP contribution in [0.25, 0.3) is 0 Å². The molecule has 1 aromatic carbocycles. The van der Waals surface area contributed by atoms with Crippen molar-refractivity contribution in [3.63, 3.8) is 0 Å². The fourth-order valence-corrected chi connectivity index (χ4v) is 3.42. The third kappa shape index (κ3) is 2.06. The smallest absolute Gasteiger partial charge is 0.271 e. The fraction of sp³-hybridized carbons (Fsp3) is 0.538. The number of nitro benzene ring substituents is 1. The number of anilines is 1. The highest BCUT2D eigenvalue weighted by Crippen LogP contribution is 2.40. The molecule has 2 N–H and O–H groups in total. The number of nitrogens with zero attached hydrogens (tertiary/aromatic N) is 2. The summed E-state index contributed by atoms with van der Waals surface area (Å²) in [5, 5.41) is 10.8. The quantitative estimate of drug-likeness (QED) is 0.657. The minimum absolute atomic E-state index is 0.0642. The van der Waals surface area contributed by atoms with Gasteiger partial charge in [-0.25, -0.2) is 4.39 Å². The third-order valence-corrected chi connectivity index (χ3v) is 4.19. The number of halogens is 1. The molecule has 102 valence electrons. The Morgan fingerprint density at radius 2 is 1.95 bits per heavy atom. The van der Waals surface area contributed by atoms with Crippen LogP contribution in [0, 0.1) is 15.9 Å². The lowest BCUT2D eigenvalue weighted by Crippen LogP contribution is -2.47. The fourth-order valence-electron chi connectivity index (χ4n) is 3.42. The van der Waals surface area contributed by atoms with Gasteiger partial charge < -0.3 is 10.6 Å². The largest absolute Gasteiger partial charge is 0.363 e. The molecule has 19 heavy (non-hydrogen) atoms. The second-order valence-corrected chi connectivity index (χ2v) is 5.42. The molecule has 2 heterocycles. The zero-order valence-corrected chi connectivity index (χ0v) is 10.5. The number of non-ortho nitro benzene ring substituents is 1. The molecule has 2 saturated heterocycles. The van der Waals surface area contributed by atoms with Crippen LogP contribution in [-0.2, 0) is 0 Å². The first kappa shape index (κ1) is 12.3. The summed E-state index contributed by atoms with van der Waals surface area (Å²) in [6, 6.07) is 4.32. The molecule has 0 saturated carbocycles. The van der Waals surface area contributed by atoms with Gasteiger partial charge in [-0.15, -0.1) is 0 Å². The Bertz CT molecular complexity index is 509.